The van der Waals surface area contributed by atoms with E-state index in [0.717, 1.165) is 62.1 Å². The predicted molar refractivity (Wildman–Crippen MR) is 88.3 cm³/mol. The summed E-state index contributed by atoms with van der Waals surface area (Å²) >= 11 is 1.65. The minimum atomic E-state index is 0.248. The molecule has 0 unspecified atom stereocenters. The molecule has 0 aliphatic carbocycles. The van der Waals surface area contributed by atoms with Gasteiger partial charge in [-0.1, -0.05) is 6.07 Å². The summed E-state index contributed by atoms with van der Waals surface area (Å²) in [7, 11) is 0. The zero-order valence-corrected chi connectivity index (χ0v) is 13.9. The quantitative estimate of drug-likeness (QED) is 0.923. The van der Waals surface area contributed by atoms with Gasteiger partial charge < -0.3 is 14.8 Å². The summed E-state index contributed by atoms with van der Waals surface area (Å²) in [5.41, 5.74) is 0. The molecule has 2 aliphatic heterocycles. The summed E-state index contributed by atoms with van der Waals surface area (Å²) in [5.74, 6) is 2.84. The molecule has 0 spiro atoms. The van der Waals surface area contributed by atoms with E-state index in [-0.39, 0.29) is 5.91 Å². The highest BCUT2D eigenvalue weighted by atomic mass is 32.1. The van der Waals surface area contributed by atoms with Gasteiger partial charge in [0, 0.05) is 37.0 Å². The van der Waals surface area contributed by atoms with Crippen LogP contribution in [0.5, 0.6) is 0 Å². The largest absolute Gasteiger partial charge is 0.342 e. The minimum Gasteiger partial charge on any atom is -0.342 e. The Kier molecular flexibility index (Phi) is 4.13. The molecule has 4 rings (SSSR count). The van der Waals surface area contributed by atoms with E-state index in [0.29, 0.717) is 12.3 Å². The molecule has 2 aromatic heterocycles. The Morgan fingerprint density at radius 1 is 1.30 bits per heavy atom. The number of hydrogen-bond donors (Lipinski definition) is 1. The fraction of sp³-hybridized carbons (Fsp3) is 0.562. The first-order valence-corrected chi connectivity index (χ1v) is 9.12. The number of nitrogens with zero attached hydrogens (tertiary/aromatic N) is 4. The summed E-state index contributed by atoms with van der Waals surface area (Å²) in [6.45, 7) is 4.40. The second-order valence-corrected chi connectivity index (χ2v) is 7.25. The molecular weight excluding hydrogens is 310 g/mol. The highest BCUT2D eigenvalue weighted by Gasteiger charge is 2.28. The number of hydrogen-bond acceptors (Lipinski definition) is 5. The maximum Gasteiger partial charge on any atom is 0.227 e. The van der Waals surface area contributed by atoms with E-state index >= 15 is 0 Å². The molecule has 2 aliphatic rings. The normalized spacial score (nSPS) is 18.9. The molecule has 4 heterocycles. The van der Waals surface area contributed by atoms with Crippen molar-refractivity contribution in [3.8, 4) is 0 Å². The first-order chi connectivity index (χ1) is 11.3. The van der Waals surface area contributed by atoms with Crippen molar-refractivity contribution in [2.45, 2.75) is 38.3 Å². The standard InChI is InChI=1S/C16H21N5OS/c22-15(10-13-2-1-9-23-13)20-6-3-12(4-7-20)16-19-18-14-11-17-5-8-21(14)16/h1-2,9,12,17H,3-8,10-11H2. The number of nitrogens with one attached hydrogen (secondary N) is 1. The molecule has 1 saturated heterocycles. The van der Waals surface area contributed by atoms with Crippen LogP contribution < -0.4 is 5.32 Å². The Balaban J connectivity index is 1.37. The van der Waals surface area contributed by atoms with Gasteiger partial charge in [0.25, 0.3) is 0 Å². The van der Waals surface area contributed by atoms with Crippen LogP contribution in [0.15, 0.2) is 17.5 Å². The number of fused-ring (bicyclic) bond motifs is 1. The van der Waals surface area contributed by atoms with Gasteiger partial charge in [0.1, 0.15) is 11.6 Å². The van der Waals surface area contributed by atoms with Crippen LogP contribution in [0.4, 0.5) is 0 Å². The second-order valence-electron chi connectivity index (χ2n) is 6.21. The van der Waals surface area contributed by atoms with Crippen molar-refractivity contribution < 1.29 is 4.79 Å². The lowest BCUT2D eigenvalue weighted by molar-refractivity contribution is -0.131. The molecule has 0 atom stereocenters. The van der Waals surface area contributed by atoms with Crippen LogP contribution in [-0.2, 0) is 24.3 Å². The molecule has 0 radical (unpaired) electrons. The lowest BCUT2D eigenvalue weighted by atomic mass is 9.95. The van der Waals surface area contributed by atoms with Gasteiger partial charge in [-0.05, 0) is 24.3 Å². The molecule has 122 valence electrons. The molecule has 0 saturated carbocycles. The van der Waals surface area contributed by atoms with Crippen molar-refractivity contribution >= 4 is 17.2 Å². The van der Waals surface area contributed by atoms with Crippen LogP contribution >= 0.6 is 11.3 Å². The average Bonchev–Trinajstić information content (AvgIpc) is 3.24. The Morgan fingerprint density at radius 2 is 2.17 bits per heavy atom. The summed E-state index contributed by atoms with van der Waals surface area (Å²) in [6.07, 6.45) is 2.51. The summed E-state index contributed by atoms with van der Waals surface area (Å²) in [4.78, 5) is 15.5. The van der Waals surface area contributed by atoms with Crippen molar-refractivity contribution in [2.24, 2.45) is 0 Å². The third kappa shape index (κ3) is 3.03. The van der Waals surface area contributed by atoms with Gasteiger partial charge in [-0.3, -0.25) is 4.79 Å². The van der Waals surface area contributed by atoms with Crippen LogP contribution in [-0.4, -0.2) is 45.2 Å². The number of likely N-dealkylation sites (tertiary alicyclic amines) is 1. The van der Waals surface area contributed by atoms with Crippen LogP contribution in [0.2, 0.25) is 0 Å². The Hall–Kier alpha value is -1.73. The Bertz CT molecular complexity index is 673. The third-order valence-electron chi connectivity index (χ3n) is 4.77. The predicted octanol–water partition coefficient (Wildman–Crippen LogP) is 1.39. The highest BCUT2D eigenvalue weighted by Crippen LogP contribution is 2.28. The van der Waals surface area contributed by atoms with Crippen molar-refractivity contribution in [1.82, 2.24) is 25.0 Å². The fourth-order valence-corrected chi connectivity index (χ4v) is 4.17. The van der Waals surface area contributed by atoms with Crippen LogP contribution in [0.1, 0.15) is 35.3 Å². The number of aromatic nitrogens is 3. The number of amides is 1. The van der Waals surface area contributed by atoms with Crippen molar-refractivity contribution in [1.29, 1.82) is 0 Å². The maximum atomic E-state index is 12.4. The van der Waals surface area contributed by atoms with E-state index in [2.05, 4.69) is 20.1 Å². The number of carbonyl (C=O) groups excluding carboxylic acids is 1. The number of carbonyl (C=O) groups is 1. The van der Waals surface area contributed by atoms with E-state index in [1.165, 1.54) is 0 Å². The second kappa shape index (κ2) is 6.41. The number of piperidine rings is 1. The highest BCUT2D eigenvalue weighted by molar-refractivity contribution is 7.10. The Labute approximate surface area is 139 Å². The fourth-order valence-electron chi connectivity index (χ4n) is 3.48. The monoisotopic (exact) mass is 331 g/mol. The molecule has 1 fully saturated rings. The SMILES string of the molecule is O=C(Cc1cccs1)N1CCC(c2nnc3n2CCNC3)CC1. The average molecular weight is 331 g/mol. The molecular formula is C16H21N5OS. The zero-order chi connectivity index (χ0) is 15.6. The van der Waals surface area contributed by atoms with Gasteiger partial charge in [0.05, 0.1) is 13.0 Å². The topological polar surface area (TPSA) is 63.1 Å². The smallest absolute Gasteiger partial charge is 0.227 e. The summed E-state index contributed by atoms with van der Waals surface area (Å²) in [5, 5.41) is 14.1. The number of thiophene rings is 1. The van der Waals surface area contributed by atoms with Crippen LogP contribution in [0.25, 0.3) is 0 Å². The maximum absolute atomic E-state index is 12.4. The first-order valence-electron chi connectivity index (χ1n) is 8.24. The van der Waals surface area contributed by atoms with Gasteiger partial charge in [-0.15, -0.1) is 21.5 Å². The lowest BCUT2D eigenvalue weighted by Gasteiger charge is -2.32. The van der Waals surface area contributed by atoms with E-state index in [9.17, 15) is 4.79 Å². The molecule has 7 heteroatoms. The van der Waals surface area contributed by atoms with E-state index in [4.69, 9.17) is 0 Å². The van der Waals surface area contributed by atoms with E-state index < -0.39 is 0 Å². The van der Waals surface area contributed by atoms with Crippen LogP contribution in [0, 0.1) is 0 Å². The molecule has 1 N–H and O–H groups in total. The minimum absolute atomic E-state index is 0.248. The van der Waals surface area contributed by atoms with Crippen molar-refractivity contribution in [3.05, 3.63) is 34.0 Å². The summed E-state index contributed by atoms with van der Waals surface area (Å²) in [6, 6.07) is 4.04. The van der Waals surface area contributed by atoms with E-state index in [1.54, 1.807) is 11.3 Å². The van der Waals surface area contributed by atoms with Crippen molar-refractivity contribution in [3.63, 3.8) is 0 Å². The van der Waals surface area contributed by atoms with Gasteiger partial charge in [-0.2, -0.15) is 0 Å². The molecule has 0 aromatic carbocycles. The van der Waals surface area contributed by atoms with Crippen molar-refractivity contribution in [2.75, 3.05) is 19.6 Å². The molecule has 23 heavy (non-hydrogen) atoms. The molecule has 0 bridgehead atoms. The Morgan fingerprint density at radius 3 is 2.96 bits per heavy atom. The van der Waals surface area contributed by atoms with Gasteiger partial charge >= 0.3 is 0 Å². The first kappa shape index (κ1) is 14.8. The van der Waals surface area contributed by atoms with Gasteiger partial charge in [0.15, 0.2) is 0 Å². The molecule has 6 nitrogen and oxygen atoms in total. The van der Waals surface area contributed by atoms with Gasteiger partial charge in [-0.25, -0.2) is 0 Å². The van der Waals surface area contributed by atoms with Gasteiger partial charge in [0.2, 0.25) is 5.91 Å². The molecule has 1 amide bonds. The molecule has 2 aromatic rings. The number of rotatable bonds is 3. The zero-order valence-electron chi connectivity index (χ0n) is 13.1. The lowest BCUT2D eigenvalue weighted by Crippen LogP contribution is -2.39. The summed E-state index contributed by atoms with van der Waals surface area (Å²) < 4.78 is 2.27. The van der Waals surface area contributed by atoms with E-state index in [1.807, 2.05) is 22.4 Å². The third-order valence-corrected chi connectivity index (χ3v) is 5.65. The van der Waals surface area contributed by atoms with Crippen LogP contribution in [0.3, 0.4) is 0 Å².